The minimum Gasteiger partial charge on any atom is -0.448 e. The molecule has 1 N–H and O–H groups in total. The molecule has 278 valence electrons. The molecule has 0 fully saturated rings. The van der Waals surface area contributed by atoms with Crippen molar-refractivity contribution >= 4 is 11.6 Å². The summed E-state index contributed by atoms with van der Waals surface area (Å²) in [7, 11) is 0. The highest BCUT2D eigenvalue weighted by Gasteiger charge is 2.35. The molecule has 1 aliphatic rings. The van der Waals surface area contributed by atoms with Crippen LogP contribution in [0.5, 0.6) is 0 Å². The van der Waals surface area contributed by atoms with Gasteiger partial charge in [0.2, 0.25) is 17.3 Å². The lowest BCUT2D eigenvalue weighted by atomic mass is 10.1. The number of hydrogen-bond donors (Lipinski definition) is 1. The van der Waals surface area contributed by atoms with Gasteiger partial charge in [-0.1, -0.05) is 137 Å². The zero-order valence-corrected chi connectivity index (χ0v) is 31.5. The third-order valence-corrected chi connectivity index (χ3v) is 8.07. The SMILES string of the molecule is CCCCC/C=C\C/C=C\C/C=C\C/C=C\CCCC(=O)C1=C(CCO)OC(C(=O)CCC/C=C\C/C=C\C/C=C\C/C=C\CCCCC)O1. The molecule has 0 radical (unpaired) electrons. The molecule has 0 saturated carbocycles. The number of carbonyl (C=O) groups excluding carboxylic acids is 2. The highest BCUT2D eigenvalue weighted by Crippen LogP contribution is 2.28. The summed E-state index contributed by atoms with van der Waals surface area (Å²) in [5.41, 5.74) is 0. The molecule has 0 amide bonds. The van der Waals surface area contributed by atoms with Crippen molar-refractivity contribution in [1.29, 1.82) is 0 Å². The number of aliphatic hydroxyl groups excluding tert-OH is 1. The molecule has 5 heteroatoms. The van der Waals surface area contributed by atoms with Crippen molar-refractivity contribution in [3.05, 3.63) is 109 Å². The van der Waals surface area contributed by atoms with Crippen molar-refractivity contribution in [1.82, 2.24) is 0 Å². The number of rotatable bonds is 32. The van der Waals surface area contributed by atoms with Gasteiger partial charge in [-0.2, -0.15) is 0 Å². The van der Waals surface area contributed by atoms with Crippen molar-refractivity contribution in [3.63, 3.8) is 0 Å². The maximum atomic E-state index is 12.9. The van der Waals surface area contributed by atoms with Crippen molar-refractivity contribution in [3.8, 4) is 0 Å². The molecule has 0 spiro atoms. The van der Waals surface area contributed by atoms with Crippen LogP contribution in [0.4, 0.5) is 0 Å². The van der Waals surface area contributed by atoms with E-state index in [4.69, 9.17) is 9.47 Å². The van der Waals surface area contributed by atoms with E-state index in [1.165, 1.54) is 51.4 Å². The molecule has 1 aliphatic heterocycles. The number of ether oxygens (including phenoxy) is 2. The van der Waals surface area contributed by atoms with Crippen LogP contribution in [-0.4, -0.2) is 29.6 Å². The summed E-state index contributed by atoms with van der Waals surface area (Å²) < 4.78 is 11.4. The van der Waals surface area contributed by atoms with Crippen LogP contribution >= 0.6 is 0 Å². The molecule has 0 aliphatic carbocycles. The summed E-state index contributed by atoms with van der Waals surface area (Å²) in [5.74, 6) is 0.0275. The Morgan fingerprint density at radius 1 is 0.520 bits per heavy atom. The van der Waals surface area contributed by atoms with Gasteiger partial charge in [-0.25, -0.2) is 0 Å². The van der Waals surface area contributed by atoms with Crippen LogP contribution < -0.4 is 0 Å². The van der Waals surface area contributed by atoms with Crippen LogP contribution in [0.3, 0.4) is 0 Å². The normalized spacial score (nSPS) is 15.6. The van der Waals surface area contributed by atoms with Crippen LogP contribution in [0.15, 0.2) is 109 Å². The Labute approximate surface area is 305 Å². The molecule has 5 nitrogen and oxygen atoms in total. The zero-order valence-electron chi connectivity index (χ0n) is 31.5. The molecular formula is C45H68O5. The van der Waals surface area contributed by atoms with Crippen molar-refractivity contribution in [2.24, 2.45) is 0 Å². The van der Waals surface area contributed by atoms with Crippen LogP contribution in [0.25, 0.3) is 0 Å². The first kappa shape index (κ1) is 44.6. The van der Waals surface area contributed by atoms with Crippen molar-refractivity contribution in [2.45, 2.75) is 155 Å². The molecule has 1 atom stereocenters. The minimum absolute atomic E-state index is 0.102. The van der Waals surface area contributed by atoms with E-state index in [1.54, 1.807) is 0 Å². The number of unbranched alkanes of at least 4 members (excludes halogenated alkanes) is 8. The number of ketones is 2. The lowest BCUT2D eigenvalue weighted by molar-refractivity contribution is -0.145. The van der Waals surface area contributed by atoms with Crippen molar-refractivity contribution < 1.29 is 24.2 Å². The van der Waals surface area contributed by atoms with E-state index in [9.17, 15) is 14.7 Å². The van der Waals surface area contributed by atoms with E-state index in [0.29, 0.717) is 25.7 Å². The topological polar surface area (TPSA) is 72.8 Å². The van der Waals surface area contributed by atoms with Gasteiger partial charge in [0.25, 0.3) is 0 Å². The minimum atomic E-state index is -1.10. The Balaban J connectivity index is 2.20. The van der Waals surface area contributed by atoms with Gasteiger partial charge in [-0.05, 0) is 89.9 Å². The molecule has 0 aromatic rings. The number of hydrogen-bond acceptors (Lipinski definition) is 5. The first-order chi connectivity index (χ1) is 24.6. The second-order valence-electron chi connectivity index (χ2n) is 12.6. The van der Waals surface area contributed by atoms with Gasteiger partial charge in [0, 0.05) is 19.3 Å². The van der Waals surface area contributed by atoms with Crippen LogP contribution in [-0.2, 0) is 19.1 Å². The quantitative estimate of drug-likeness (QED) is 0.0562. The summed E-state index contributed by atoms with van der Waals surface area (Å²) in [6.07, 6.45) is 53.3. The van der Waals surface area contributed by atoms with E-state index in [-0.39, 0.29) is 36.1 Å². The van der Waals surface area contributed by atoms with Crippen LogP contribution in [0.1, 0.15) is 149 Å². The summed E-state index contributed by atoms with van der Waals surface area (Å²) in [5, 5.41) is 9.44. The molecule has 1 heterocycles. The standard InChI is InChI=1S/C45H68O5/c1-3-5-7-9-11-13-15-17-19-21-23-25-27-29-31-33-35-37-41(47)44-43(39-40-46)49-45(50-44)42(48)38-36-34-32-30-28-26-24-22-20-18-16-14-12-10-8-6-4-2/h11-14,17-20,23-26,29-32,45-46H,3-10,15-16,21-22,27-28,33-40H2,1-2H3/b13-11-,14-12-,19-17-,20-18-,25-23-,26-24-,31-29-,32-30-. The van der Waals surface area contributed by atoms with Crippen LogP contribution in [0.2, 0.25) is 0 Å². The summed E-state index contributed by atoms with van der Waals surface area (Å²) in [4.78, 5) is 25.6. The zero-order chi connectivity index (χ0) is 36.2. The Kier molecular flexibility index (Phi) is 30.3. The summed E-state index contributed by atoms with van der Waals surface area (Å²) in [6, 6.07) is 0. The molecule has 0 aromatic heterocycles. The highest BCUT2D eigenvalue weighted by molar-refractivity contribution is 5.95. The number of aliphatic hydroxyl groups is 1. The van der Waals surface area contributed by atoms with E-state index < -0.39 is 6.29 Å². The molecule has 50 heavy (non-hydrogen) atoms. The largest absolute Gasteiger partial charge is 0.448 e. The fraction of sp³-hybridized carbons (Fsp3) is 0.556. The molecule has 0 saturated heterocycles. The Bertz CT molecular complexity index is 1140. The van der Waals surface area contributed by atoms with Crippen LogP contribution in [0, 0.1) is 0 Å². The van der Waals surface area contributed by atoms with Crippen molar-refractivity contribution in [2.75, 3.05) is 6.61 Å². The summed E-state index contributed by atoms with van der Waals surface area (Å²) >= 11 is 0. The van der Waals surface area contributed by atoms with Gasteiger partial charge < -0.3 is 14.6 Å². The Hall–Kier alpha value is -3.44. The lowest BCUT2D eigenvalue weighted by Crippen LogP contribution is -2.22. The fourth-order valence-corrected chi connectivity index (χ4v) is 5.13. The second-order valence-corrected chi connectivity index (χ2v) is 12.6. The van der Waals surface area contributed by atoms with Gasteiger partial charge in [-0.15, -0.1) is 0 Å². The molecular weight excluding hydrogens is 620 g/mol. The second kappa shape index (κ2) is 34.0. The predicted octanol–water partition coefficient (Wildman–Crippen LogP) is 12.4. The van der Waals surface area contributed by atoms with E-state index in [2.05, 4.69) is 111 Å². The third-order valence-electron chi connectivity index (χ3n) is 8.07. The van der Waals surface area contributed by atoms with Gasteiger partial charge in [0.1, 0.15) is 5.76 Å². The summed E-state index contributed by atoms with van der Waals surface area (Å²) in [6.45, 7) is 4.28. The first-order valence-electron chi connectivity index (χ1n) is 19.6. The predicted molar refractivity (Wildman–Crippen MR) is 212 cm³/mol. The molecule has 1 rings (SSSR count). The van der Waals surface area contributed by atoms with Gasteiger partial charge in [0.15, 0.2) is 0 Å². The fourth-order valence-electron chi connectivity index (χ4n) is 5.13. The van der Waals surface area contributed by atoms with E-state index in [0.717, 1.165) is 51.4 Å². The Morgan fingerprint density at radius 2 is 0.900 bits per heavy atom. The average molecular weight is 689 g/mol. The number of allylic oxidation sites excluding steroid dienone is 17. The molecule has 0 aromatic carbocycles. The maximum Gasteiger partial charge on any atom is 0.300 e. The van der Waals surface area contributed by atoms with Gasteiger partial charge >= 0.3 is 6.29 Å². The smallest absolute Gasteiger partial charge is 0.300 e. The third kappa shape index (κ3) is 25.5. The number of Topliss-reactive ketones (excluding diaryl/α,β-unsaturated/α-hetero) is 2. The average Bonchev–Trinajstić information content (AvgIpc) is 3.55. The van der Waals surface area contributed by atoms with Gasteiger partial charge in [-0.3, -0.25) is 9.59 Å². The highest BCUT2D eigenvalue weighted by atomic mass is 16.7. The molecule has 1 unspecified atom stereocenters. The lowest BCUT2D eigenvalue weighted by Gasteiger charge is -2.10. The van der Waals surface area contributed by atoms with Gasteiger partial charge in [0.05, 0.1) is 6.61 Å². The van der Waals surface area contributed by atoms with E-state index >= 15 is 0 Å². The number of carbonyl (C=O) groups is 2. The monoisotopic (exact) mass is 689 g/mol. The van der Waals surface area contributed by atoms with E-state index in [1.807, 2.05) is 0 Å². The molecule has 0 bridgehead atoms. The maximum absolute atomic E-state index is 12.9. The Morgan fingerprint density at radius 3 is 1.30 bits per heavy atom. The first-order valence-corrected chi connectivity index (χ1v) is 19.6.